The van der Waals surface area contributed by atoms with E-state index in [1.54, 1.807) is 0 Å². The summed E-state index contributed by atoms with van der Waals surface area (Å²) in [6, 6.07) is 14.4. The van der Waals surface area contributed by atoms with Crippen LogP contribution in [0.5, 0.6) is 0 Å². The van der Waals surface area contributed by atoms with Crippen molar-refractivity contribution in [2.24, 2.45) is 11.5 Å². The Bertz CT molecular complexity index is 469. The Balaban J connectivity index is 2.71. The summed E-state index contributed by atoms with van der Waals surface area (Å²) in [5, 5.41) is 2.40. The molecule has 4 N–H and O–H groups in total. The van der Waals surface area contributed by atoms with E-state index in [2.05, 4.69) is 24.3 Å². The second-order valence-electron chi connectivity index (χ2n) is 4.15. The van der Waals surface area contributed by atoms with Gasteiger partial charge >= 0.3 is 0 Å². The van der Waals surface area contributed by atoms with E-state index >= 15 is 0 Å². The maximum Gasteiger partial charge on any atom is 0.0511 e. The maximum atomic E-state index is 6.18. The number of hydrogen-bond donors (Lipinski definition) is 2. The van der Waals surface area contributed by atoms with Crippen LogP contribution in [0.4, 0.5) is 0 Å². The van der Waals surface area contributed by atoms with Crippen LogP contribution >= 0.6 is 0 Å². The molecule has 2 aromatic rings. The van der Waals surface area contributed by atoms with Crippen LogP contribution in [-0.2, 0) is 5.54 Å². The quantitative estimate of drug-likeness (QED) is 0.778. The summed E-state index contributed by atoms with van der Waals surface area (Å²) < 4.78 is 0. The summed E-state index contributed by atoms with van der Waals surface area (Å²) in [6.45, 7) is 2.41. The molecule has 0 saturated heterocycles. The number of hydrogen-bond acceptors (Lipinski definition) is 2. The molecule has 1 unspecified atom stereocenters. The minimum atomic E-state index is -0.457. The van der Waals surface area contributed by atoms with Crippen molar-refractivity contribution >= 4 is 10.8 Å². The van der Waals surface area contributed by atoms with Gasteiger partial charge in [-0.3, -0.25) is 0 Å². The molecule has 0 aliphatic carbocycles. The Kier molecular flexibility index (Phi) is 2.47. The summed E-state index contributed by atoms with van der Waals surface area (Å²) in [5.41, 5.74) is 12.5. The zero-order chi connectivity index (χ0) is 10.9. The van der Waals surface area contributed by atoms with Gasteiger partial charge in [-0.1, -0.05) is 42.5 Å². The van der Waals surface area contributed by atoms with Crippen LogP contribution in [0.2, 0.25) is 0 Å². The molecule has 0 bridgehead atoms. The van der Waals surface area contributed by atoms with Crippen LogP contribution in [0, 0.1) is 0 Å². The molecule has 0 radical (unpaired) electrons. The molecule has 0 amide bonds. The third-order valence-corrected chi connectivity index (χ3v) is 2.83. The van der Waals surface area contributed by atoms with Gasteiger partial charge in [0.15, 0.2) is 0 Å². The molecule has 2 heteroatoms. The molecular formula is C13H16N2. The normalized spacial score (nSPS) is 15.1. The summed E-state index contributed by atoms with van der Waals surface area (Å²) >= 11 is 0. The van der Waals surface area contributed by atoms with Gasteiger partial charge in [0, 0.05) is 6.54 Å². The van der Waals surface area contributed by atoms with E-state index in [-0.39, 0.29) is 0 Å². The Morgan fingerprint density at radius 1 is 1.07 bits per heavy atom. The fourth-order valence-electron chi connectivity index (χ4n) is 1.83. The van der Waals surface area contributed by atoms with E-state index in [0.717, 1.165) is 5.56 Å². The SMILES string of the molecule is CC(N)(CN)c1cccc2ccccc12. The van der Waals surface area contributed by atoms with Gasteiger partial charge in [-0.05, 0) is 23.3 Å². The van der Waals surface area contributed by atoms with E-state index in [0.29, 0.717) is 6.54 Å². The molecule has 0 spiro atoms. The molecule has 0 aromatic heterocycles. The third kappa shape index (κ3) is 1.74. The number of benzene rings is 2. The lowest BCUT2D eigenvalue weighted by atomic mass is 9.89. The first-order valence-corrected chi connectivity index (χ1v) is 5.12. The molecule has 0 heterocycles. The highest BCUT2D eigenvalue weighted by Gasteiger charge is 2.20. The monoisotopic (exact) mass is 200 g/mol. The zero-order valence-electron chi connectivity index (χ0n) is 8.90. The Labute approximate surface area is 89.9 Å². The van der Waals surface area contributed by atoms with Crippen molar-refractivity contribution in [1.29, 1.82) is 0 Å². The van der Waals surface area contributed by atoms with Crippen molar-refractivity contribution < 1.29 is 0 Å². The van der Waals surface area contributed by atoms with E-state index in [1.807, 2.05) is 25.1 Å². The summed E-state index contributed by atoms with van der Waals surface area (Å²) in [6.07, 6.45) is 0. The van der Waals surface area contributed by atoms with Gasteiger partial charge < -0.3 is 11.5 Å². The first-order valence-electron chi connectivity index (χ1n) is 5.12. The highest BCUT2D eigenvalue weighted by atomic mass is 14.8. The van der Waals surface area contributed by atoms with Crippen molar-refractivity contribution in [3.63, 3.8) is 0 Å². The Morgan fingerprint density at radius 3 is 2.47 bits per heavy atom. The Morgan fingerprint density at radius 2 is 1.73 bits per heavy atom. The lowest BCUT2D eigenvalue weighted by molar-refractivity contribution is 0.512. The third-order valence-electron chi connectivity index (χ3n) is 2.83. The molecule has 0 fully saturated rings. The average molecular weight is 200 g/mol. The van der Waals surface area contributed by atoms with Crippen molar-refractivity contribution in [3.8, 4) is 0 Å². The molecule has 0 saturated carbocycles. The van der Waals surface area contributed by atoms with Crippen molar-refractivity contribution in [2.75, 3.05) is 6.54 Å². The van der Waals surface area contributed by atoms with Crippen LogP contribution in [0.25, 0.3) is 10.8 Å². The van der Waals surface area contributed by atoms with Gasteiger partial charge in [-0.2, -0.15) is 0 Å². The van der Waals surface area contributed by atoms with Gasteiger partial charge in [-0.15, -0.1) is 0 Å². The first kappa shape index (κ1) is 10.1. The summed E-state index contributed by atoms with van der Waals surface area (Å²) in [5.74, 6) is 0. The van der Waals surface area contributed by atoms with Crippen LogP contribution in [0.3, 0.4) is 0 Å². The Hall–Kier alpha value is -1.38. The molecular weight excluding hydrogens is 184 g/mol. The van der Waals surface area contributed by atoms with Crippen LogP contribution in [0.1, 0.15) is 12.5 Å². The van der Waals surface area contributed by atoms with E-state index in [9.17, 15) is 0 Å². The molecule has 0 aliphatic heterocycles. The fraction of sp³-hybridized carbons (Fsp3) is 0.231. The predicted octanol–water partition coefficient (Wildman–Crippen LogP) is 1.97. The van der Waals surface area contributed by atoms with Crippen LogP contribution < -0.4 is 11.5 Å². The van der Waals surface area contributed by atoms with Gasteiger partial charge in [0.05, 0.1) is 5.54 Å². The predicted molar refractivity (Wildman–Crippen MR) is 64.5 cm³/mol. The van der Waals surface area contributed by atoms with Gasteiger partial charge in [0.1, 0.15) is 0 Å². The smallest absolute Gasteiger partial charge is 0.0511 e. The first-order chi connectivity index (χ1) is 7.15. The number of fused-ring (bicyclic) bond motifs is 1. The maximum absolute atomic E-state index is 6.18. The van der Waals surface area contributed by atoms with Crippen molar-refractivity contribution in [3.05, 3.63) is 48.0 Å². The molecule has 2 rings (SSSR count). The molecule has 2 nitrogen and oxygen atoms in total. The second kappa shape index (κ2) is 3.65. The van der Waals surface area contributed by atoms with Crippen LogP contribution in [0.15, 0.2) is 42.5 Å². The molecule has 1 atom stereocenters. The summed E-state index contributed by atoms with van der Waals surface area (Å²) in [7, 11) is 0. The van der Waals surface area contributed by atoms with Gasteiger partial charge in [-0.25, -0.2) is 0 Å². The van der Waals surface area contributed by atoms with E-state index in [1.165, 1.54) is 10.8 Å². The van der Waals surface area contributed by atoms with Crippen LogP contribution in [-0.4, -0.2) is 6.54 Å². The van der Waals surface area contributed by atoms with Gasteiger partial charge in [0.25, 0.3) is 0 Å². The minimum absolute atomic E-state index is 0.445. The topological polar surface area (TPSA) is 52.0 Å². The largest absolute Gasteiger partial charge is 0.328 e. The van der Waals surface area contributed by atoms with Gasteiger partial charge in [0.2, 0.25) is 0 Å². The molecule has 15 heavy (non-hydrogen) atoms. The number of rotatable bonds is 2. The lowest BCUT2D eigenvalue weighted by Crippen LogP contribution is -2.40. The average Bonchev–Trinajstić information content (AvgIpc) is 2.28. The minimum Gasteiger partial charge on any atom is -0.328 e. The zero-order valence-corrected chi connectivity index (χ0v) is 8.90. The van der Waals surface area contributed by atoms with Crippen molar-refractivity contribution in [2.45, 2.75) is 12.5 Å². The summed E-state index contributed by atoms with van der Waals surface area (Å²) in [4.78, 5) is 0. The highest BCUT2D eigenvalue weighted by Crippen LogP contribution is 2.25. The van der Waals surface area contributed by atoms with Crippen molar-refractivity contribution in [1.82, 2.24) is 0 Å². The van der Waals surface area contributed by atoms with E-state index in [4.69, 9.17) is 11.5 Å². The molecule has 2 aromatic carbocycles. The number of nitrogens with two attached hydrogens (primary N) is 2. The highest BCUT2D eigenvalue weighted by molar-refractivity contribution is 5.86. The fourth-order valence-corrected chi connectivity index (χ4v) is 1.83. The lowest BCUT2D eigenvalue weighted by Gasteiger charge is -2.24. The second-order valence-corrected chi connectivity index (χ2v) is 4.15. The standard InChI is InChI=1S/C13H16N2/c1-13(15,9-14)12-8-4-6-10-5-2-3-7-11(10)12/h2-8H,9,14-15H2,1H3. The van der Waals surface area contributed by atoms with E-state index < -0.39 is 5.54 Å². The molecule has 78 valence electrons. The molecule has 0 aliphatic rings.